The maximum Gasteiger partial charge on any atom is 0.127 e. The fourth-order valence-electron chi connectivity index (χ4n) is 3.24. The standard InChI is InChI=1S/C16H21ClN2/c1-12(17)16-18-14-8-4-5-9-15(14)19(16)11-10-13-6-2-3-7-13/h4-5,8-9,12-13H,2-3,6-7,10-11H2,1H3. The van der Waals surface area contributed by atoms with Gasteiger partial charge in [-0.1, -0.05) is 37.8 Å². The van der Waals surface area contributed by atoms with Gasteiger partial charge in [-0.2, -0.15) is 0 Å². The first kappa shape index (κ1) is 13.0. The average Bonchev–Trinajstić information content (AvgIpc) is 3.03. The van der Waals surface area contributed by atoms with Gasteiger partial charge in [0.15, 0.2) is 0 Å². The minimum atomic E-state index is -0.0315. The second-order valence-corrected chi connectivity index (χ2v) is 6.32. The molecule has 0 radical (unpaired) electrons. The molecule has 2 nitrogen and oxygen atoms in total. The molecular weight excluding hydrogens is 256 g/mol. The summed E-state index contributed by atoms with van der Waals surface area (Å²) in [7, 11) is 0. The number of fused-ring (bicyclic) bond motifs is 1. The number of hydrogen-bond acceptors (Lipinski definition) is 1. The normalized spacial score (nSPS) is 18.2. The van der Waals surface area contributed by atoms with Crippen molar-refractivity contribution in [2.45, 2.75) is 50.9 Å². The van der Waals surface area contributed by atoms with E-state index in [4.69, 9.17) is 11.6 Å². The van der Waals surface area contributed by atoms with Crippen LogP contribution < -0.4 is 0 Å². The van der Waals surface area contributed by atoms with E-state index in [1.807, 2.05) is 13.0 Å². The fourth-order valence-corrected chi connectivity index (χ4v) is 3.41. The van der Waals surface area contributed by atoms with Crippen molar-refractivity contribution in [1.29, 1.82) is 0 Å². The number of imidazole rings is 1. The lowest BCUT2D eigenvalue weighted by Gasteiger charge is -2.13. The van der Waals surface area contributed by atoms with Crippen LogP contribution in [0, 0.1) is 5.92 Å². The summed E-state index contributed by atoms with van der Waals surface area (Å²) in [4.78, 5) is 4.69. The van der Waals surface area contributed by atoms with Gasteiger partial charge < -0.3 is 4.57 Å². The zero-order valence-corrected chi connectivity index (χ0v) is 12.2. The maximum absolute atomic E-state index is 6.29. The van der Waals surface area contributed by atoms with E-state index in [9.17, 15) is 0 Å². The summed E-state index contributed by atoms with van der Waals surface area (Å²) in [5.41, 5.74) is 2.29. The van der Waals surface area contributed by atoms with Crippen LogP contribution >= 0.6 is 11.6 Å². The molecule has 3 rings (SSSR count). The first-order valence-electron chi connectivity index (χ1n) is 7.35. The first-order valence-corrected chi connectivity index (χ1v) is 7.78. The van der Waals surface area contributed by atoms with E-state index < -0.39 is 0 Å². The topological polar surface area (TPSA) is 17.8 Å². The van der Waals surface area contributed by atoms with Crippen molar-refractivity contribution >= 4 is 22.6 Å². The van der Waals surface area contributed by atoms with E-state index in [-0.39, 0.29) is 5.38 Å². The first-order chi connectivity index (χ1) is 9.25. The van der Waals surface area contributed by atoms with E-state index >= 15 is 0 Å². The maximum atomic E-state index is 6.29. The Morgan fingerprint density at radius 2 is 2.05 bits per heavy atom. The molecule has 0 saturated heterocycles. The molecule has 1 unspecified atom stereocenters. The molecule has 2 aromatic rings. The van der Waals surface area contributed by atoms with Crippen LogP contribution in [0.25, 0.3) is 11.0 Å². The number of rotatable bonds is 4. The van der Waals surface area contributed by atoms with Crippen LogP contribution in [0.15, 0.2) is 24.3 Å². The van der Waals surface area contributed by atoms with Gasteiger partial charge in [0.2, 0.25) is 0 Å². The van der Waals surface area contributed by atoms with Crippen LogP contribution in [0.1, 0.15) is 50.2 Å². The number of benzene rings is 1. The SMILES string of the molecule is CC(Cl)c1nc2ccccc2n1CCC1CCCC1. The summed E-state index contributed by atoms with van der Waals surface area (Å²) >= 11 is 6.29. The van der Waals surface area contributed by atoms with E-state index in [0.29, 0.717) is 0 Å². The highest BCUT2D eigenvalue weighted by molar-refractivity contribution is 6.20. The van der Waals surface area contributed by atoms with Crippen molar-refractivity contribution in [2.24, 2.45) is 5.92 Å². The largest absolute Gasteiger partial charge is 0.327 e. The van der Waals surface area contributed by atoms with E-state index in [2.05, 4.69) is 27.8 Å². The predicted molar refractivity (Wildman–Crippen MR) is 80.6 cm³/mol. The van der Waals surface area contributed by atoms with Crippen molar-refractivity contribution in [1.82, 2.24) is 9.55 Å². The highest BCUT2D eigenvalue weighted by Gasteiger charge is 2.18. The van der Waals surface area contributed by atoms with Gasteiger partial charge in [0.1, 0.15) is 5.82 Å². The van der Waals surface area contributed by atoms with Crippen molar-refractivity contribution in [2.75, 3.05) is 0 Å². The van der Waals surface area contributed by atoms with Crippen LogP contribution in [0.5, 0.6) is 0 Å². The summed E-state index contributed by atoms with van der Waals surface area (Å²) in [5.74, 6) is 1.92. The fraction of sp³-hybridized carbons (Fsp3) is 0.562. The Labute approximate surface area is 119 Å². The molecule has 1 aromatic carbocycles. The molecule has 1 fully saturated rings. The van der Waals surface area contributed by atoms with Gasteiger partial charge in [0, 0.05) is 6.54 Å². The Bertz CT molecular complexity index is 553. The molecule has 1 saturated carbocycles. The molecule has 19 heavy (non-hydrogen) atoms. The molecule has 1 aliphatic carbocycles. The quantitative estimate of drug-likeness (QED) is 0.725. The molecule has 0 amide bonds. The molecular formula is C16H21ClN2. The summed E-state index contributed by atoms with van der Waals surface area (Å²) in [6.07, 6.45) is 6.88. The van der Waals surface area contributed by atoms with Gasteiger partial charge in [-0.05, 0) is 31.4 Å². The average molecular weight is 277 g/mol. The van der Waals surface area contributed by atoms with Crippen LogP contribution in [-0.2, 0) is 6.54 Å². The van der Waals surface area contributed by atoms with E-state index in [1.165, 1.54) is 37.6 Å². The minimum absolute atomic E-state index is 0.0315. The molecule has 0 spiro atoms. The van der Waals surface area contributed by atoms with E-state index in [0.717, 1.165) is 23.8 Å². The third-order valence-electron chi connectivity index (χ3n) is 4.28. The lowest BCUT2D eigenvalue weighted by molar-refractivity contribution is 0.456. The molecule has 102 valence electrons. The number of hydrogen-bond donors (Lipinski definition) is 0. The number of alkyl halides is 1. The smallest absolute Gasteiger partial charge is 0.127 e. The van der Waals surface area contributed by atoms with Crippen LogP contribution in [0.3, 0.4) is 0 Å². The van der Waals surface area contributed by atoms with Gasteiger partial charge in [-0.15, -0.1) is 11.6 Å². The van der Waals surface area contributed by atoms with Crippen molar-refractivity contribution in [3.05, 3.63) is 30.1 Å². The number of aromatic nitrogens is 2. The number of nitrogens with zero attached hydrogens (tertiary/aromatic N) is 2. The summed E-state index contributed by atoms with van der Waals surface area (Å²) in [6.45, 7) is 3.06. The van der Waals surface area contributed by atoms with Crippen molar-refractivity contribution < 1.29 is 0 Å². The van der Waals surface area contributed by atoms with Gasteiger partial charge in [-0.25, -0.2) is 4.98 Å². The highest BCUT2D eigenvalue weighted by Crippen LogP contribution is 2.30. The van der Waals surface area contributed by atoms with Gasteiger partial charge >= 0.3 is 0 Å². The Balaban J connectivity index is 1.88. The van der Waals surface area contributed by atoms with Crippen molar-refractivity contribution in [3.63, 3.8) is 0 Å². The second kappa shape index (κ2) is 5.54. The molecule has 0 bridgehead atoms. The molecule has 1 atom stereocenters. The minimum Gasteiger partial charge on any atom is -0.327 e. The molecule has 1 heterocycles. The summed E-state index contributed by atoms with van der Waals surface area (Å²) < 4.78 is 2.32. The highest BCUT2D eigenvalue weighted by atomic mass is 35.5. The second-order valence-electron chi connectivity index (χ2n) is 5.67. The number of para-hydroxylation sites is 2. The molecule has 0 N–H and O–H groups in total. The van der Waals surface area contributed by atoms with Crippen LogP contribution in [-0.4, -0.2) is 9.55 Å². The Hall–Kier alpha value is -1.02. The lowest BCUT2D eigenvalue weighted by atomic mass is 10.0. The Morgan fingerprint density at radius 3 is 2.79 bits per heavy atom. The zero-order valence-electron chi connectivity index (χ0n) is 11.5. The van der Waals surface area contributed by atoms with Crippen LogP contribution in [0.4, 0.5) is 0 Å². The number of aryl methyl sites for hydroxylation is 1. The van der Waals surface area contributed by atoms with E-state index in [1.54, 1.807) is 0 Å². The van der Waals surface area contributed by atoms with Gasteiger partial charge in [-0.3, -0.25) is 0 Å². The summed E-state index contributed by atoms with van der Waals surface area (Å²) in [5, 5.41) is -0.0315. The predicted octanol–water partition coefficient (Wildman–Crippen LogP) is 4.92. The molecule has 0 aliphatic heterocycles. The molecule has 3 heteroatoms. The monoisotopic (exact) mass is 276 g/mol. The van der Waals surface area contributed by atoms with Crippen LogP contribution in [0.2, 0.25) is 0 Å². The number of halogens is 1. The van der Waals surface area contributed by atoms with Gasteiger partial charge in [0.05, 0.1) is 16.4 Å². The molecule has 1 aliphatic rings. The third-order valence-corrected chi connectivity index (χ3v) is 4.47. The van der Waals surface area contributed by atoms with Crippen molar-refractivity contribution in [3.8, 4) is 0 Å². The lowest BCUT2D eigenvalue weighted by Crippen LogP contribution is -2.07. The Morgan fingerprint density at radius 1 is 1.32 bits per heavy atom. The third kappa shape index (κ3) is 2.64. The summed E-state index contributed by atoms with van der Waals surface area (Å²) in [6, 6.07) is 8.35. The van der Waals surface area contributed by atoms with Gasteiger partial charge in [0.25, 0.3) is 0 Å². The Kier molecular flexibility index (Phi) is 3.79. The molecule has 1 aromatic heterocycles. The zero-order chi connectivity index (χ0) is 13.2.